The highest BCUT2D eigenvalue weighted by molar-refractivity contribution is 7.22. The summed E-state index contributed by atoms with van der Waals surface area (Å²) in [6.07, 6.45) is 8.20. The second-order valence-corrected chi connectivity index (χ2v) is 8.61. The Morgan fingerprint density at radius 2 is 2.04 bits per heavy atom. The number of amides is 1. The molecule has 2 aliphatic rings. The van der Waals surface area contributed by atoms with Crippen molar-refractivity contribution in [1.82, 2.24) is 10.3 Å². The van der Waals surface area contributed by atoms with E-state index >= 15 is 0 Å². The molecule has 1 saturated carbocycles. The molecule has 2 heterocycles. The molecule has 1 aromatic carbocycles. The van der Waals surface area contributed by atoms with Gasteiger partial charge in [0.15, 0.2) is 5.13 Å². The lowest BCUT2D eigenvalue weighted by Gasteiger charge is -2.33. The van der Waals surface area contributed by atoms with E-state index in [0.717, 1.165) is 49.4 Å². The number of aromatic nitrogens is 1. The summed E-state index contributed by atoms with van der Waals surface area (Å²) >= 11 is 1.75. The molecule has 1 unspecified atom stereocenters. The number of anilines is 1. The number of aryl methyl sites for hydroxylation is 1. The summed E-state index contributed by atoms with van der Waals surface area (Å²) in [6.45, 7) is 3.93. The summed E-state index contributed by atoms with van der Waals surface area (Å²) in [5.41, 5.74) is 2.34. The normalized spacial score (nSPS) is 22.3. The molecular weight excluding hydrogens is 330 g/mol. The number of hydrogen-bond acceptors (Lipinski definition) is 4. The third-order valence-corrected chi connectivity index (χ3v) is 6.63. The number of fused-ring (bicyclic) bond motifs is 1. The van der Waals surface area contributed by atoms with E-state index in [4.69, 9.17) is 4.98 Å². The van der Waals surface area contributed by atoms with Gasteiger partial charge in [-0.1, -0.05) is 36.7 Å². The lowest BCUT2D eigenvalue weighted by Crippen LogP contribution is -2.46. The predicted octanol–water partition coefficient (Wildman–Crippen LogP) is 4.27. The van der Waals surface area contributed by atoms with E-state index in [1.165, 1.54) is 29.5 Å². The number of hydrogen-bond donors (Lipinski definition) is 1. The molecule has 25 heavy (non-hydrogen) atoms. The first-order valence-electron chi connectivity index (χ1n) is 9.61. The molecular formula is C20H27N3OS. The summed E-state index contributed by atoms with van der Waals surface area (Å²) in [4.78, 5) is 19.8. The summed E-state index contributed by atoms with van der Waals surface area (Å²) in [5, 5.41) is 4.38. The number of nitrogens with one attached hydrogen (secondary N) is 1. The zero-order valence-electron chi connectivity index (χ0n) is 15.0. The number of carbonyl (C=O) groups excluding carboxylic acids is 1. The number of thiazole rings is 1. The Labute approximate surface area is 153 Å². The molecule has 1 aliphatic heterocycles. The van der Waals surface area contributed by atoms with Crippen LogP contribution >= 0.6 is 11.3 Å². The Kier molecular flexibility index (Phi) is 4.93. The molecule has 2 fully saturated rings. The molecule has 4 nitrogen and oxygen atoms in total. The van der Waals surface area contributed by atoms with Crippen LogP contribution in [-0.4, -0.2) is 30.0 Å². The number of nitrogens with zero attached hydrogens (tertiary/aromatic N) is 2. The summed E-state index contributed by atoms with van der Waals surface area (Å²) in [5.74, 6) is 0.359. The highest BCUT2D eigenvalue weighted by atomic mass is 32.1. The van der Waals surface area contributed by atoms with Crippen LogP contribution in [-0.2, 0) is 4.79 Å². The van der Waals surface area contributed by atoms with Crippen LogP contribution in [0.25, 0.3) is 10.2 Å². The van der Waals surface area contributed by atoms with Crippen molar-refractivity contribution in [2.24, 2.45) is 5.92 Å². The van der Waals surface area contributed by atoms with Crippen molar-refractivity contribution in [1.29, 1.82) is 0 Å². The van der Waals surface area contributed by atoms with Gasteiger partial charge in [0.2, 0.25) is 5.91 Å². The Hall–Kier alpha value is -1.62. The SMILES string of the molecule is Cc1ccc2nc(N3CCCC(C(=O)NC4CCCCC4)C3)sc2c1. The van der Waals surface area contributed by atoms with Crippen molar-refractivity contribution in [3.05, 3.63) is 23.8 Å². The lowest BCUT2D eigenvalue weighted by molar-refractivity contribution is -0.126. The van der Waals surface area contributed by atoms with E-state index in [2.05, 4.69) is 35.3 Å². The average molecular weight is 358 g/mol. The van der Waals surface area contributed by atoms with Gasteiger partial charge in [-0.3, -0.25) is 4.79 Å². The van der Waals surface area contributed by atoms with E-state index < -0.39 is 0 Å². The van der Waals surface area contributed by atoms with Gasteiger partial charge in [0.05, 0.1) is 16.1 Å². The molecule has 134 valence electrons. The molecule has 1 aromatic heterocycles. The Morgan fingerprint density at radius 3 is 2.88 bits per heavy atom. The van der Waals surface area contributed by atoms with Crippen molar-refractivity contribution < 1.29 is 4.79 Å². The molecule has 0 bridgehead atoms. The van der Waals surface area contributed by atoms with E-state index in [1.807, 2.05) is 0 Å². The van der Waals surface area contributed by atoms with Gasteiger partial charge in [-0.25, -0.2) is 4.98 Å². The topological polar surface area (TPSA) is 45.2 Å². The number of carbonyl (C=O) groups is 1. The minimum Gasteiger partial charge on any atom is -0.353 e. The van der Waals surface area contributed by atoms with Crippen LogP contribution in [0.5, 0.6) is 0 Å². The fourth-order valence-electron chi connectivity index (χ4n) is 4.09. The third-order valence-electron chi connectivity index (χ3n) is 5.55. The Morgan fingerprint density at radius 1 is 1.20 bits per heavy atom. The molecule has 4 rings (SSSR count). The minimum absolute atomic E-state index is 0.101. The second-order valence-electron chi connectivity index (χ2n) is 7.60. The predicted molar refractivity (Wildman–Crippen MR) is 104 cm³/mol. The quantitative estimate of drug-likeness (QED) is 0.892. The maximum absolute atomic E-state index is 12.7. The first-order chi connectivity index (χ1) is 12.2. The van der Waals surface area contributed by atoms with Crippen molar-refractivity contribution in [2.75, 3.05) is 18.0 Å². The van der Waals surface area contributed by atoms with Gasteiger partial charge in [0, 0.05) is 19.1 Å². The molecule has 1 N–H and O–H groups in total. The van der Waals surface area contributed by atoms with Crippen LogP contribution in [0.4, 0.5) is 5.13 Å². The fraction of sp³-hybridized carbons (Fsp3) is 0.600. The van der Waals surface area contributed by atoms with Gasteiger partial charge >= 0.3 is 0 Å². The molecule has 1 amide bonds. The summed E-state index contributed by atoms with van der Waals surface area (Å²) in [7, 11) is 0. The fourth-order valence-corrected chi connectivity index (χ4v) is 5.18. The van der Waals surface area contributed by atoms with Crippen molar-refractivity contribution >= 4 is 32.6 Å². The van der Waals surface area contributed by atoms with E-state index in [1.54, 1.807) is 11.3 Å². The molecule has 5 heteroatoms. The molecule has 1 aliphatic carbocycles. The number of benzene rings is 1. The van der Waals surface area contributed by atoms with Gasteiger partial charge in [-0.15, -0.1) is 0 Å². The number of piperidine rings is 1. The van der Waals surface area contributed by atoms with E-state index in [0.29, 0.717) is 6.04 Å². The zero-order valence-corrected chi connectivity index (χ0v) is 15.8. The van der Waals surface area contributed by atoms with Crippen molar-refractivity contribution in [3.8, 4) is 0 Å². The van der Waals surface area contributed by atoms with E-state index in [9.17, 15) is 4.79 Å². The standard InChI is InChI=1S/C20H27N3OS/c1-14-9-10-17-18(12-14)25-20(22-17)23-11-5-6-15(13-23)19(24)21-16-7-3-2-4-8-16/h9-10,12,15-16H,2-8,11,13H2,1H3,(H,21,24). The van der Waals surface area contributed by atoms with Crippen LogP contribution < -0.4 is 10.2 Å². The highest BCUT2D eigenvalue weighted by Crippen LogP contribution is 2.32. The van der Waals surface area contributed by atoms with Crippen molar-refractivity contribution in [3.63, 3.8) is 0 Å². The van der Waals surface area contributed by atoms with Crippen molar-refractivity contribution in [2.45, 2.75) is 57.9 Å². The maximum Gasteiger partial charge on any atom is 0.225 e. The van der Waals surface area contributed by atoms with E-state index in [-0.39, 0.29) is 11.8 Å². The van der Waals surface area contributed by atoms with Gasteiger partial charge in [-0.2, -0.15) is 0 Å². The monoisotopic (exact) mass is 357 g/mol. The number of rotatable bonds is 3. The Balaban J connectivity index is 1.43. The first kappa shape index (κ1) is 16.8. The van der Waals surface area contributed by atoms with Gasteiger partial charge < -0.3 is 10.2 Å². The first-order valence-corrected chi connectivity index (χ1v) is 10.4. The van der Waals surface area contributed by atoms with Crippen LogP contribution in [0.1, 0.15) is 50.5 Å². The second kappa shape index (κ2) is 7.32. The summed E-state index contributed by atoms with van der Waals surface area (Å²) < 4.78 is 1.24. The maximum atomic E-state index is 12.7. The Bertz CT molecular complexity index is 750. The largest absolute Gasteiger partial charge is 0.353 e. The van der Waals surface area contributed by atoms with Gasteiger partial charge in [0.1, 0.15) is 0 Å². The highest BCUT2D eigenvalue weighted by Gasteiger charge is 2.29. The molecule has 0 spiro atoms. The summed E-state index contributed by atoms with van der Waals surface area (Å²) in [6, 6.07) is 6.82. The van der Waals surface area contributed by atoms with Gasteiger partial charge in [-0.05, 0) is 50.3 Å². The zero-order chi connectivity index (χ0) is 17.2. The van der Waals surface area contributed by atoms with Crippen LogP contribution in [0.2, 0.25) is 0 Å². The van der Waals surface area contributed by atoms with Crippen LogP contribution in [0.3, 0.4) is 0 Å². The van der Waals surface area contributed by atoms with Crippen LogP contribution in [0, 0.1) is 12.8 Å². The molecule has 1 saturated heterocycles. The molecule has 1 atom stereocenters. The van der Waals surface area contributed by atoms with Crippen LogP contribution in [0.15, 0.2) is 18.2 Å². The average Bonchev–Trinajstić information content (AvgIpc) is 3.06. The smallest absolute Gasteiger partial charge is 0.225 e. The minimum atomic E-state index is 0.101. The lowest BCUT2D eigenvalue weighted by atomic mass is 9.93. The molecule has 2 aromatic rings. The molecule has 0 radical (unpaired) electrons. The third kappa shape index (κ3) is 3.81. The van der Waals surface area contributed by atoms with Gasteiger partial charge in [0.25, 0.3) is 0 Å².